The smallest absolute Gasteiger partial charge is 0.339 e. The van der Waals surface area contributed by atoms with Gasteiger partial charge in [0.2, 0.25) is 5.91 Å². The largest absolute Gasteiger partial charge is 0.493 e. The van der Waals surface area contributed by atoms with E-state index in [1.54, 1.807) is 6.07 Å². The lowest BCUT2D eigenvalue weighted by molar-refractivity contribution is -0.123. The molecule has 3 amide bonds. The van der Waals surface area contributed by atoms with Crippen molar-refractivity contribution in [3.05, 3.63) is 80.3 Å². The third kappa shape index (κ3) is 7.59. The molecule has 1 heterocycles. The molecule has 0 aliphatic carbocycles. The topological polar surface area (TPSA) is 128 Å². The molecule has 1 aliphatic rings. The second kappa shape index (κ2) is 13.0. The summed E-state index contributed by atoms with van der Waals surface area (Å²) in [4.78, 5) is 37.9. The van der Waals surface area contributed by atoms with Crippen LogP contribution in [0, 0.1) is 10.5 Å². The summed E-state index contributed by atoms with van der Waals surface area (Å²) in [6.45, 7) is 3.55. The van der Waals surface area contributed by atoms with E-state index in [4.69, 9.17) is 13.7 Å². The van der Waals surface area contributed by atoms with E-state index < -0.39 is 21.3 Å². The van der Waals surface area contributed by atoms with Crippen molar-refractivity contribution >= 4 is 73.3 Å². The number of nitrogens with one attached hydrogen (secondary N) is 1. The molecular weight excluding hydrogens is 683 g/mol. The standard InChI is InChI=1S/C28H25IN2O8S2/c1-17-4-8-21(9-5-17)38-13-12-31-27(33)25(40-28(31)34)16-19-14-23(29)26(24(15-19)37-3)39-41(35,36)22-10-6-20(7-11-22)30-18(2)32/h4-11,14-16H,12-13H2,1-3H3,(H,30,32)/b25-16-. The van der Waals surface area contributed by atoms with E-state index in [-0.39, 0.29) is 40.4 Å². The number of anilines is 1. The van der Waals surface area contributed by atoms with Gasteiger partial charge in [-0.2, -0.15) is 8.42 Å². The van der Waals surface area contributed by atoms with Gasteiger partial charge in [0.25, 0.3) is 11.1 Å². The molecule has 214 valence electrons. The first-order valence-electron chi connectivity index (χ1n) is 12.1. The SMILES string of the molecule is COc1cc(/C=C2\SC(=O)N(CCOc3ccc(C)cc3)C2=O)cc(I)c1OS(=O)(=O)c1ccc(NC(C)=O)cc1. The Balaban J connectivity index is 1.48. The van der Waals surface area contributed by atoms with E-state index in [1.165, 1.54) is 50.4 Å². The normalized spacial score (nSPS) is 14.3. The quantitative estimate of drug-likeness (QED) is 0.166. The summed E-state index contributed by atoms with van der Waals surface area (Å²) in [6, 6.07) is 16.1. The Morgan fingerprint density at radius 2 is 1.76 bits per heavy atom. The van der Waals surface area contributed by atoms with Crippen molar-refractivity contribution in [3.63, 3.8) is 0 Å². The van der Waals surface area contributed by atoms with Crippen LogP contribution >= 0.6 is 34.4 Å². The van der Waals surface area contributed by atoms with E-state index in [2.05, 4.69) is 5.32 Å². The molecular formula is C28H25IN2O8S2. The number of hydrogen-bond acceptors (Lipinski definition) is 9. The average Bonchev–Trinajstić information content (AvgIpc) is 3.18. The number of hydrogen-bond donors (Lipinski definition) is 1. The fourth-order valence-corrected chi connectivity index (χ4v) is 6.41. The molecule has 13 heteroatoms. The van der Waals surface area contributed by atoms with Crippen molar-refractivity contribution in [2.75, 3.05) is 25.6 Å². The number of halogens is 1. The fourth-order valence-electron chi connectivity index (χ4n) is 3.70. The second-order valence-electron chi connectivity index (χ2n) is 8.77. The van der Waals surface area contributed by atoms with Crippen molar-refractivity contribution in [3.8, 4) is 17.2 Å². The molecule has 3 aromatic carbocycles. The number of nitrogens with zero attached hydrogens (tertiary/aromatic N) is 1. The van der Waals surface area contributed by atoms with Gasteiger partial charge in [0, 0.05) is 12.6 Å². The number of ether oxygens (including phenoxy) is 2. The van der Waals surface area contributed by atoms with Crippen LogP contribution in [0.5, 0.6) is 17.2 Å². The van der Waals surface area contributed by atoms with Gasteiger partial charge in [-0.3, -0.25) is 19.3 Å². The number of thioether (sulfide) groups is 1. The molecule has 1 aliphatic heterocycles. The van der Waals surface area contributed by atoms with Crippen molar-refractivity contribution in [1.82, 2.24) is 4.90 Å². The van der Waals surface area contributed by atoms with Gasteiger partial charge in [0.05, 0.1) is 22.1 Å². The molecule has 10 nitrogen and oxygen atoms in total. The minimum Gasteiger partial charge on any atom is -0.493 e. The van der Waals surface area contributed by atoms with Gasteiger partial charge < -0.3 is 19.0 Å². The molecule has 0 bridgehead atoms. The van der Waals surface area contributed by atoms with Gasteiger partial charge in [-0.25, -0.2) is 0 Å². The Kier molecular flexibility index (Phi) is 9.60. The second-order valence-corrected chi connectivity index (χ2v) is 12.5. The van der Waals surface area contributed by atoms with Crippen LogP contribution in [0.1, 0.15) is 18.1 Å². The molecule has 0 saturated carbocycles. The van der Waals surface area contributed by atoms with Gasteiger partial charge in [0.15, 0.2) is 11.5 Å². The number of amides is 3. The number of carbonyl (C=O) groups excluding carboxylic acids is 3. The molecule has 41 heavy (non-hydrogen) atoms. The summed E-state index contributed by atoms with van der Waals surface area (Å²) >= 11 is 2.71. The molecule has 0 aromatic heterocycles. The lowest BCUT2D eigenvalue weighted by Crippen LogP contribution is -2.32. The zero-order chi connectivity index (χ0) is 29.7. The lowest BCUT2D eigenvalue weighted by Gasteiger charge is -2.14. The third-order valence-electron chi connectivity index (χ3n) is 5.68. The molecule has 0 unspecified atom stereocenters. The van der Waals surface area contributed by atoms with Gasteiger partial charge in [0.1, 0.15) is 17.3 Å². The lowest BCUT2D eigenvalue weighted by atomic mass is 10.2. The predicted octanol–water partition coefficient (Wildman–Crippen LogP) is 5.45. The number of imide groups is 1. The maximum absolute atomic E-state index is 12.9. The molecule has 3 aromatic rings. The first kappa shape index (κ1) is 30.4. The monoisotopic (exact) mass is 708 g/mol. The zero-order valence-electron chi connectivity index (χ0n) is 22.2. The van der Waals surface area contributed by atoms with Crippen LogP contribution in [0.2, 0.25) is 0 Å². The maximum Gasteiger partial charge on any atom is 0.339 e. The maximum atomic E-state index is 12.9. The molecule has 1 saturated heterocycles. The number of aryl methyl sites for hydroxylation is 1. The summed E-state index contributed by atoms with van der Waals surface area (Å²) in [5.41, 5.74) is 2.05. The number of methoxy groups -OCH3 is 1. The highest BCUT2D eigenvalue weighted by Gasteiger charge is 2.35. The Morgan fingerprint density at radius 3 is 2.39 bits per heavy atom. The minimum atomic E-state index is -4.24. The Bertz CT molecular complexity index is 1620. The van der Waals surface area contributed by atoms with Gasteiger partial charge in [-0.1, -0.05) is 17.7 Å². The Labute approximate surface area is 255 Å². The number of benzene rings is 3. The molecule has 0 atom stereocenters. The van der Waals surface area contributed by atoms with E-state index in [0.717, 1.165) is 22.2 Å². The predicted molar refractivity (Wildman–Crippen MR) is 164 cm³/mol. The highest BCUT2D eigenvalue weighted by Crippen LogP contribution is 2.38. The molecule has 1 N–H and O–H groups in total. The zero-order valence-corrected chi connectivity index (χ0v) is 26.0. The van der Waals surface area contributed by atoms with Crippen molar-refractivity contribution in [1.29, 1.82) is 0 Å². The number of carbonyl (C=O) groups is 3. The van der Waals surface area contributed by atoms with Crippen LogP contribution in [-0.2, 0) is 19.7 Å². The van der Waals surface area contributed by atoms with Crippen LogP contribution in [-0.4, -0.2) is 50.6 Å². The summed E-state index contributed by atoms with van der Waals surface area (Å²) in [5.74, 6) is -0.00353. The van der Waals surface area contributed by atoms with Gasteiger partial charge in [-0.15, -0.1) is 0 Å². The summed E-state index contributed by atoms with van der Waals surface area (Å²) in [7, 11) is -2.88. The molecule has 0 spiro atoms. The summed E-state index contributed by atoms with van der Waals surface area (Å²) in [6.07, 6.45) is 1.54. The molecule has 0 radical (unpaired) electrons. The van der Waals surface area contributed by atoms with Crippen molar-refractivity contribution in [2.45, 2.75) is 18.7 Å². The van der Waals surface area contributed by atoms with Crippen LogP contribution in [0.4, 0.5) is 10.5 Å². The highest BCUT2D eigenvalue weighted by atomic mass is 127. The van der Waals surface area contributed by atoms with Crippen LogP contribution < -0.4 is 19.0 Å². The third-order valence-corrected chi connectivity index (χ3v) is 8.63. The minimum absolute atomic E-state index is 0.0300. The molecule has 1 fully saturated rings. The van der Waals surface area contributed by atoms with Crippen LogP contribution in [0.15, 0.2) is 70.5 Å². The Hall–Kier alpha value is -3.56. The van der Waals surface area contributed by atoms with E-state index in [0.29, 0.717) is 20.6 Å². The van der Waals surface area contributed by atoms with E-state index in [1.807, 2.05) is 53.8 Å². The highest BCUT2D eigenvalue weighted by molar-refractivity contribution is 14.1. The molecule has 4 rings (SSSR count). The van der Waals surface area contributed by atoms with Crippen LogP contribution in [0.3, 0.4) is 0 Å². The van der Waals surface area contributed by atoms with Gasteiger partial charge in [-0.05, 0) is 101 Å². The van der Waals surface area contributed by atoms with Crippen molar-refractivity contribution < 1.29 is 36.5 Å². The Morgan fingerprint density at radius 1 is 1.07 bits per heavy atom. The summed E-state index contributed by atoms with van der Waals surface area (Å²) in [5, 5.41) is 2.15. The van der Waals surface area contributed by atoms with Gasteiger partial charge >= 0.3 is 10.1 Å². The first-order chi connectivity index (χ1) is 19.5. The van der Waals surface area contributed by atoms with E-state index >= 15 is 0 Å². The van der Waals surface area contributed by atoms with Crippen LogP contribution in [0.25, 0.3) is 6.08 Å². The first-order valence-corrected chi connectivity index (χ1v) is 15.4. The fraction of sp³-hybridized carbons (Fsp3) is 0.179. The number of rotatable bonds is 10. The van der Waals surface area contributed by atoms with Crippen molar-refractivity contribution in [2.24, 2.45) is 0 Å². The van der Waals surface area contributed by atoms with E-state index in [9.17, 15) is 22.8 Å². The summed E-state index contributed by atoms with van der Waals surface area (Å²) < 4.78 is 42.7. The average molecular weight is 709 g/mol.